The van der Waals surface area contributed by atoms with Crippen LogP contribution < -0.4 is 10.2 Å². The summed E-state index contributed by atoms with van der Waals surface area (Å²) in [5, 5.41) is 14.8. The number of rotatable bonds is 4. The van der Waals surface area contributed by atoms with Crippen molar-refractivity contribution in [1.29, 1.82) is 0 Å². The van der Waals surface area contributed by atoms with Crippen LogP contribution in [0.4, 0.5) is 17.1 Å². The summed E-state index contributed by atoms with van der Waals surface area (Å²) in [5.41, 5.74) is 2.98. The molecule has 190 valence electrons. The lowest BCUT2D eigenvalue weighted by Gasteiger charge is -2.36. The predicted molar refractivity (Wildman–Crippen MR) is 141 cm³/mol. The SMILES string of the molecule is CC(C)C(=O)N1c2ccccc2NC2=C(C(=O)CC(C)(C)C2)C1c1ccc(-c2cccc([N+](=O)[O-])c2)o1. The Labute approximate surface area is 215 Å². The number of hydrogen-bond donors (Lipinski definition) is 1. The highest BCUT2D eigenvalue weighted by molar-refractivity contribution is 6.06. The molecule has 37 heavy (non-hydrogen) atoms. The number of furan rings is 1. The molecule has 1 unspecified atom stereocenters. The molecule has 0 fully saturated rings. The molecule has 1 N–H and O–H groups in total. The van der Waals surface area contributed by atoms with E-state index in [2.05, 4.69) is 19.2 Å². The number of nitro groups is 1. The van der Waals surface area contributed by atoms with E-state index in [9.17, 15) is 19.7 Å². The lowest BCUT2D eigenvalue weighted by molar-refractivity contribution is -0.384. The van der Waals surface area contributed by atoms with Crippen molar-refractivity contribution in [2.75, 3.05) is 10.2 Å². The van der Waals surface area contributed by atoms with E-state index < -0.39 is 11.0 Å². The topological polar surface area (TPSA) is 106 Å². The molecule has 1 aliphatic carbocycles. The minimum Gasteiger partial charge on any atom is -0.458 e. The van der Waals surface area contributed by atoms with Crippen LogP contribution in [0, 0.1) is 21.4 Å². The summed E-state index contributed by atoms with van der Waals surface area (Å²) in [6, 6.07) is 16.4. The highest BCUT2D eigenvalue weighted by Crippen LogP contribution is 2.49. The maximum Gasteiger partial charge on any atom is 0.270 e. The van der Waals surface area contributed by atoms with Crippen LogP contribution in [-0.4, -0.2) is 16.6 Å². The number of carbonyl (C=O) groups excluding carboxylic acids is 2. The lowest BCUT2D eigenvalue weighted by Crippen LogP contribution is -2.41. The lowest BCUT2D eigenvalue weighted by atomic mass is 9.74. The Bertz CT molecular complexity index is 1450. The molecule has 3 aromatic rings. The van der Waals surface area contributed by atoms with Crippen LogP contribution in [0.1, 0.15) is 52.3 Å². The summed E-state index contributed by atoms with van der Waals surface area (Å²) >= 11 is 0. The first-order valence-electron chi connectivity index (χ1n) is 12.4. The normalized spacial score (nSPS) is 18.7. The Hall–Kier alpha value is -4.20. The molecule has 0 radical (unpaired) electrons. The smallest absolute Gasteiger partial charge is 0.270 e. The number of nitro benzene ring substituents is 1. The number of Topliss-reactive ketones (excluding diaryl/α,β-unsaturated/α-hetero) is 1. The van der Waals surface area contributed by atoms with Crippen LogP contribution in [0.25, 0.3) is 11.3 Å². The van der Waals surface area contributed by atoms with Gasteiger partial charge in [0.05, 0.1) is 16.3 Å². The molecule has 2 aromatic carbocycles. The first kappa shape index (κ1) is 24.5. The quantitative estimate of drug-likeness (QED) is 0.318. The Morgan fingerprint density at radius 2 is 1.86 bits per heavy atom. The van der Waals surface area contributed by atoms with E-state index in [1.807, 2.05) is 38.1 Å². The summed E-state index contributed by atoms with van der Waals surface area (Å²) < 4.78 is 6.29. The van der Waals surface area contributed by atoms with E-state index in [0.29, 0.717) is 41.2 Å². The van der Waals surface area contributed by atoms with Gasteiger partial charge in [-0.2, -0.15) is 0 Å². The number of nitrogens with one attached hydrogen (secondary N) is 1. The van der Waals surface area contributed by atoms with Crippen LogP contribution in [0.15, 0.2) is 76.4 Å². The molecule has 2 heterocycles. The molecular weight excluding hydrogens is 470 g/mol. The van der Waals surface area contributed by atoms with E-state index in [1.54, 1.807) is 29.2 Å². The van der Waals surface area contributed by atoms with E-state index in [-0.39, 0.29) is 28.7 Å². The highest BCUT2D eigenvalue weighted by Gasteiger charge is 2.44. The maximum absolute atomic E-state index is 13.7. The van der Waals surface area contributed by atoms with Gasteiger partial charge < -0.3 is 9.73 Å². The molecule has 1 atom stereocenters. The number of carbonyl (C=O) groups is 2. The van der Waals surface area contributed by atoms with Crippen molar-refractivity contribution in [3.8, 4) is 11.3 Å². The second-order valence-corrected chi connectivity index (χ2v) is 10.8. The number of hydrogen-bond acceptors (Lipinski definition) is 6. The zero-order valence-corrected chi connectivity index (χ0v) is 21.3. The minimum absolute atomic E-state index is 0.0357. The van der Waals surface area contributed by atoms with Crippen molar-refractivity contribution >= 4 is 28.8 Å². The molecule has 5 rings (SSSR count). The molecule has 8 heteroatoms. The van der Waals surface area contributed by atoms with Crippen LogP contribution in [0.5, 0.6) is 0 Å². The van der Waals surface area contributed by atoms with Gasteiger partial charge in [-0.25, -0.2) is 0 Å². The van der Waals surface area contributed by atoms with Gasteiger partial charge in [-0.1, -0.05) is 52.0 Å². The summed E-state index contributed by atoms with van der Waals surface area (Å²) in [6.45, 7) is 7.79. The van der Waals surface area contributed by atoms with Crippen molar-refractivity contribution < 1.29 is 18.9 Å². The zero-order chi connectivity index (χ0) is 26.5. The van der Waals surface area contributed by atoms with E-state index in [4.69, 9.17) is 4.42 Å². The number of anilines is 2. The molecule has 0 saturated heterocycles. The average molecular weight is 500 g/mol. The molecule has 1 aliphatic heterocycles. The monoisotopic (exact) mass is 499 g/mol. The van der Waals surface area contributed by atoms with Gasteiger partial charge in [0.15, 0.2) is 5.78 Å². The van der Waals surface area contributed by atoms with Crippen LogP contribution >= 0.6 is 0 Å². The molecule has 0 spiro atoms. The third-order valence-electron chi connectivity index (χ3n) is 6.87. The molecule has 2 aliphatic rings. The van der Waals surface area contributed by atoms with Crippen LogP contribution in [0.2, 0.25) is 0 Å². The van der Waals surface area contributed by atoms with Gasteiger partial charge in [0.2, 0.25) is 5.91 Å². The molecule has 0 bridgehead atoms. The highest BCUT2D eigenvalue weighted by atomic mass is 16.6. The van der Waals surface area contributed by atoms with Crippen molar-refractivity contribution in [3.05, 3.63) is 87.8 Å². The van der Waals surface area contributed by atoms with Gasteiger partial charge in [0, 0.05) is 41.3 Å². The number of amides is 1. The maximum atomic E-state index is 13.7. The summed E-state index contributed by atoms with van der Waals surface area (Å²) in [7, 11) is 0. The number of benzene rings is 2. The van der Waals surface area contributed by atoms with Gasteiger partial charge in [0.25, 0.3) is 5.69 Å². The van der Waals surface area contributed by atoms with Gasteiger partial charge >= 0.3 is 0 Å². The largest absolute Gasteiger partial charge is 0.458 e. The van der Waals surface area contributed by atoms with Gasteiger partial charge in [-0.05, 0) is 36.1 Å². The number of ketones is 1. The summed E-state index contributed by atoms with van der Waals surface area (Å²) in [4.78, 5) is 40.0. The van der Waals surface area contributed by atoms with Gasteiger partial charge in [-0.3, -0.25) is 24.6 Å². The molecular formula is C29H29N3O5. The zero-order valence-electron chi connectivity index (χ0n) is 21.3. The minimum atomic E-state index is -0.780. The van der Waals surface area contributed by atoms with Crippen LogP contribution in [0.3, 0.4) is 0 Å². The molecule has 1 amide bonds. The third-order valence-corrected chi connectivity index (χ3v) is 6.87. The van der Waals surface area contributed by atoms with Crippen molar-refractivity contribution in [2.24, 2.45) is 11.3 Å². The van der Waals surface area contributed by atoms with Crippen molar-refractivity contribution in [3.63, 3.8) is 0 Å². The number of nitrogens with zero attached hydrogens (tertiary/aromatic N) is 2. The van der Waals surface area contributed by atoms with Gasteiger partial charge in [-0.15, -0.1) is 0 Å². The molecule has 1 aromatic heterocycles. The predicted octanol–water partition coefficient (Wildman–Crippen LogP) is 6.65. The second kappa shape index (κ2) is 9.03. The van der Waals surface area contributed by atoms with E-state index in [1.165, 1.54) is 12.1 Å². The number of non-ortho nitro benzene ring substituents is 1. The Morgan fingerprint density at radius 1 is 1.11 bits per heavy atom. The fourth-order valence-electron chi connectivity index (χ4n) is 5.20. The average Bonchev–Trinajstić information content (AvgIpc) is 3.27. The fraction of sp³-hybridized carbons (Fsp3) is 0.310. The summed E-state index contributed by atoms with van der Waals surface area (Å²) in [6.07, 6.45) is 0.990. The van der Waals surface area contributed by atoms with E-state index >= 15 is 0 Å². The summed E-state index contributed by atoms with van der Waals surface area (Å²) in [5.74, 6) is 0.339. The second-order valence-electron chi connectivity index (χ2n) is 10.8. The molecule has 8 nitrogen and oxygen atoms in total. The van der Waals surface area contributed by atoms with Gasteiger partial charge in [0.1, 0.15) is 17.6 Å². The Morgan fingerprint density at radius 3 is 2.59 bits per heavy atom. The standard InChI is InChI=1S/C29H29N3O5/c1-17(2)28(34)31-22-11-6-5-10-20(22)30-21-15-29(3,4)16-23(33)26(21)27(31)25-13-12-24(37-25)18-8-7-9-19(14-18)32(35)36/h5-14,17,27,30H,15-16H2,1-4H3. The van der Waals surface area contributed by atoms with E-state index in [0.717, 1.165) is 11.4 Å². The number of allylic oxidation sites excluding steroid dienone is 1. The first-order valence-corrected chi connectivity index (χ1v) is 12.4. The number of para-hydroxylation sites is 2. The third kappa shape index (κ3) is 4.43. The van der Waals surface area contributed by atoms with Crippen molar-refractivity contribution in [2.45, 2.75) is 46.6 Å². The van der Waals surface area contributed by atoms with Crippen molar-refractivity contribution in [1.82, 2.24) is 0 Å². The Balaban J connectivity index is 1.72. The fourth-order valence-corrected chi connectivity index (χ4v) is 5.20. The number of fused-ring (bicyclic) bond motifs is 1. The van der Waals surface area contributed by atoms with Crippen LogP contribution in [-0.2, 0) is 9.59 Å². The first-order chi connectivity index (χ1) is 17.6. The Kier molecular flexibility index (Phi) is 5.98. The molecule has 0 saturated carbocycles.